The maximum absolute atomic E-state index is 5.52. The van der Waals surface area contributed by atoms with Crippen LogP contribution in [0.5, 0.6) is 0 Å². The quantitative estimate of drug-likeness (QED) is 0.697. The first-order valence-corrected chi connectivity index (χ1v) is 7.05. The van der Waals surface area contributed by atoms with Gasteiger partial charge in [0.2, 0.25) is 0 Å². The van der Waals surface area contributed by atoms with Crippen LogP contribution in [0.2, 0.25) is 0 Å². The molecule has 0 aromatic heterocycles. The summed E-state index contributed by atoms with van der Waals surface area (Å²) in [4.78, 5) is 0. The van der Waals surface area contributed by atoms with Gasteiger partial charge in [0, 0.05) is 11.2 Å². The Morgan fingerprint density at radius 2 is 1.00 bits per heavy atom. The smallest absolute Gasteiger partial charge is 0.305 e. The normalized spacial score (nSPS) is 12.0. The molecule has 0 heterocycles. The van der Waals surface area contributed by atoms with E-state index in [4.69, 9.17) is 8.85 Å². The van der Waals surface area contributed by atoms with Gasteiger partial charge in [-0.05, 0) is 41.5 Å². The Morgan fingerprint density at radius 3 is 1.13 bits per heavy atom. The van der Waals surface area contributed by atoms with Crippen LogP contribution < -0.4 is 0 Å². The summed E-state index contributed by atoms with van der Waals surface area (Å²) >= 11 is 0. The van der Waals surface area contributed by atoms with Crippen molar-refractivity contribution >= 4 is 10.0 Å². The molecule has 0 amide bonds. The van der Waals surface area contributed by atoms with Crippen molar-refractivity contribution in [1.82, 2.24) is 0 Å². The molecular formula is C12H30O2Si. The highest BCUT2D eigenvalue weighted by Gasteiger charge is 2.14. The molecule has 3 heteroatoms. The highest BCUT2D eigenvalue weighted by atomic mass is 28.3. The summed E-state index contributed by atoms with van der Waals surface area (Å²) in [5, 5.41) is 0. The van der Waals surface area contributed by atoms with E-state index in [1.807, 2.05) is 41.5 Å². The van der Waals surface area contributed by atoms with Crippen LogP contribution in [0.3, 0.4) is 0 Å². The first kappa shape index (κ1) is 17.5. The average molecular weight is 234 g/mol. The molecule has 0 rings (SSSR count). The molecule has 0 N–H and O–H groups in total. The van der Waals surface area contributed by atoms with Crippen molar-refractivity contribution in [3.8, 4) is 0 Å². The molecule has 2 nitrogen and oxygen atoms in total. The van der Waals surface area contributed by atoms with Crippen LogP contribution in [0, 0.1) is 0 Å². The van der Waals surface area contributed by atoms with E-state index in [1.54, 1.807) is 0 Å². The van der Waals surface area contributed by atoms with E-state index in [-0.39, 0.29) is 11.2 Å². The second kappa shape index (κ2) is 8.31. The summed E-state index contributed by atoms with van der Waals surface area (Å²) in [5.41, 5.74) is -0.0883. The molecule has 94 valence electrons. The van der Waals surface area contributed by atoms with Gasteiger partial charge in [-0.2, -0.15) is 0 Å². The van der Waals surface area contributed by atoms with Crippen LogP contribution in [0.4, 0.5) is 0 Å². The van der Waals surface area contributed by atoms with Gasteiger partial charge in [0.05, 0.1) is 0 Å². The second-order valence-corrected chi connectivity index (χ2v) is 6.44. The van der Waals surface area contributed by atoms with Gasteiger partial charge in [-0.15, -0.1) is 0 Å². The average Bonchev–Trinajstić information content (AvgIpc) is 2.00. The van der Waals surface area contributed by atoms with Gasteiger partial charge < -0.3 is 8.85 Å². The summed E-state index contributed by atoms with van der Waals surface area (Å²) < 4.78 is 11.0. The lowest BCUT2D eigenvalue weighted by Crippen LogP contribution is -2.29. The summed E-state index contributed by atoms with van der Waals surface area (Å²) in [6, 6.07) is 0. The van der Waals surface area contributed by atoms with E-state index in [9.17, 15) is 0 Å². The first-order chi connectivity index (χ1) is 6.62. The van der Waals surface area contributed by atoms with E-state index < -0.39 is 10.0 Å². The SMILES string of the molecule is CC(C)(C)O[SiH2]OC(C)(C)C.CCCC. The molecule has 0 saturated carbocycles. The summed E-state index contributed by atoms with van der Waals surface area (Å²) in [6.07, 6.45) is 2.64. The van der Waals surface area contributed by atoms with E-state index in [0.29, 0.717) is 0 Å². The molecule has 0 radical (unpaired) electrons. The Bertz CT molecular complexity index is 118. The largest absolute Gasteiger partial charge is 0.394 e. The zero-order valence-electron chi connectivity index (χ0n) is 11.9. The number of hydrogen-bond donors (Lipinski definition) is 0. The molecule has 15 heavy (non-hydrogen) atoms. The molecule has 0 unspecified atom stereocenters. The molecule has 0 aliphatic heterocycles. The van der Waals surface area contributed by atoms with Crippen LogP contribution in [-0.2, 0) is 8.85 Å². The van der Waals surface area contributed by atoms with Crippen molar-refractivity contribution in [3.63, 3.8) is 0 Å². The van der Waals surface area contributed by atoms with Crippen LogP contribution in [0.15, 0.2) is 0 Å². The second-order valence-electron chi connectivity index (χ2n) is 5.63. The Morgan fingerprint density at radius 1 is 0.733 bits per heavy atom. The minimum absolute atomic E-state index is 0.0442. The van der Waals surface area contributed by atoms with Gasteiger partial charge in [0.15, 0.2) is 0 Å². The zero-order chi connectivity index (χ0) is 12.5. The monoisotopic (exact) mass is 234 g/mol. The van der Waals surface area contributed by atoms with Crippen molar-refractivity contribution in [1.29, 1.82) is 0 Å². The van der Waals surface area contributed by atoms with Crippen molar-refractivity contribution < 1.29 is 8.85 Å². The zero-order valence-corrected chi connectivity index (χ0v) is 13.4. The number of rotatable bonds is 3. The minimum Gasteiger partial charge on any atom is -0.394 e. The maximum atomic E-state index is 5.52. The third-order valence-corrected chi connectivity index (χ3v) is 3.45. The predicted octanol–water partition coefficient (Wildman–Crippen LogP) is 3.42. The van der Waals surface area contributed by atoms with Crippen LogP contribution in [0.1, 0.15) is 68.2 Å². The molecule has 0 saturated heterocycles. The highest BCUT2D eigenvalue weighted by Crippen LogP contribution is 2.09. The van der Waals surface area contributed by atoms with E-state index in [1.165, 1.54) is 12.8 Å². The van der Waals surface area contributed by atoms with E-state index in [2.05, 4.69) is 13.8 Å². The molecule has 0 aromatic carbocycles. The van der Waals surface area contributed by atoms with Crippen molar-refractivity contribution in [3.05, 3.63) is 0 Å². The molecule has 0 aromatic rings. The van der Waals surface area contributed by atoms with E-state index >= 15 is 0 Å². The summed E-state index contributed by atoms with van der Waals surface area (Å²) in [7, 11) is -0.797. The first-order valence-electron chi connectivity index (χ1n) is 5.90. The topological polar surface area (TPSA) is 18.5 Å². The predicted molar refractivity (Wildman–Crippen MR) is 70.8 cm³/mol. The molecule has 0 bridgehead atoms. The van der Waals surface area contributed by atoms with Crippen LogP contribution >= 0.6 is 0 Å². The Kier molecular flexibility index (Phi) is 9.71. The molecule has 0 atom stereocenters. The molecule has 0 spiro atoms. The molecule has 0 aliphatic carbocycles. The summed E-state index contributed by atoms with van der Waals surface area (Å²) in [5.74, 6) is 0. The fraction of sp³-hybridized carbons (Fsp3) is 1.00. The lowest BCUT2D eigenvalue weighted by Gasteiger charge is -2.24. The van der Waals surface area contributed by atoms with Crippen LogP contribution in [-0.4, -0.2) is 21.2 Å². The van der Waals surface area contributed by atoms with Crippen molar-refractivity contribution in [2.45, 2.75) is 79.4 Å². The fourth-order valence-corrected chi connectivity index (χ4v) is 1.15. The Hall–Kier alpha value is 0.137. The lowest BCUT2D eigenvalue weighted by molar-refractivity contribution is 0.0511. The van der Waals surface area contributed by atoms with Gasteiger partial charge >= 0.3 is 10.0 Å². The molecular weight excluding hydrogens is 204 g/mol. The van der Waals surface area contributed by atoms with E-state index in [0.717, 1.165) is 0 Å². The molecule has 0 aliphatic rings. The van der Waals surface area contributed by atoms with Gasteiger partial charge in [-0.25, -0.2) is 0 Å². The lowest BCUT2D eigenvalue weighted by atomic mass is 10.2. The highest BCUT2D eigenvalue weighted by molar-refractivity contribution is 6.18. The Labute approximate surface area is 98.8 Å². The minimum atomic E-state index is -0.797. The number of unbranched alkanes of at least 4 members (excludes halogenated alkanes) is 1. The van der Waals surface area contributed by atoms with Crippen LogP contribution in [0.25, 0.3) is 0 Å². The third kappa shape index (κ3) is 24.9. The molecule has 0 fully saturated rings. The maximum Gasteiger partial charge on any atom is 0.305 e. The standard InChI is InChI=1S/C8H20O2Si.C4H10/c1-7(2,3)9-11-10-8(4,5)6;1-3-4-2/h11H2,1-6H3;3-4H2,1-2H3. The third-order valence-electron chi connectivity index (χ3n) is 1.48. The van der Waals surface area contributed by atoms with Gasteiger partial charge in [0.25, 0.3) is 0 Å². The van der Waals surface area contributed by atoms with Crippen molar-refractivity contribution in [2.24, 2.45) is 0 Å². The summed E-state index contributed by atoms with van der Waals surface area (Å²) in [6.45, 7) is 16.6. The fourth-order valence-electron chi connectivity index (χ4n) is 0.383. The number of hydrogen-bond acceptors (Lipinski definition) is 2. The van der Waals surface area contributed by atoms with Crippen molar-refractivity contribution in [2.75, 3.05) is 0 Å². The van der Waals surface area contributed by atoms with Gasteiger partial charge in [-0.1, -0.05) is 26.7 Å². The Balaban J connectivity index is 0. The van der Waals surface area contributed by atoms with Gasteiger partial charge in [0.1, 0.15) is 0 Å². The van der Waals surface area contributed by atoms with Gasteiger partial charge in [-0.3, -0.25) is 0 Å².